The maximum atomic E-state index is 11.1. The zero-order chi connectivity index (χ0) is 10.9. The van der Waals surface area contributed by atoms with Gasteiger partial charge in [0.1, 0.15) is 8.60 Å². The Hall–Kier alpha value is -0.150. The predicted molar refractivity (Wildman–Crippen MR) is 61.2 cm³/mol. The van der Waals surface area contributed by atoms with Crippen LogP contribution in [0.15, 0.2) is 11.1 Å². The highest BCUT2D eigenvalue weighted by Gasteiger charge is 2.17. The SMILES string of the molecule is CC(C)Cn1ncc(S(N)(=O)=O)c1I. The lowest BCUT2D eigenvalue weighted by Crippen LogP contribution is -2.14. The smallest absolute Gasteiger partial charge is 0.242 e. The van der Waals surface area contributed by atoms with Crippen molar-refractivity contribution in [1.29, 1.82) is 0 Å². The summed E-state index contributed by atoms with van der Waals surface area (Å²) in [7, 11) is -3.64. The van der Waals surface area contributed by atoms with Crippen molar-refractivity contribution in [3.8, 4) is 0 Å². The molecule has 1 aromatic rings. The van der Waals surface area contributed by atoms with E-state index in [0.29, 0.717) is 16.2 Å². The van der Waals surface area contributed by atoms with Crippen LogP contribution in [0.1, 0.15) is 13.8 Å². The summed E-state index contributed by atoms with van der Waals surface area (Å²) in [5.41, 5.74) is 0. The molecule has 0 saturated carbocycles. The lowest BCUT2D eigenvalue weighted by Gasteiger charge is -2.06. The van der Waals surface area contributed by atoms with Crippen molar-refractivity contribution >= 4 is 32.6 Å². The fourth-order valence-corrected chi connectivity index (χ4v) is 2.93. The molecule has 0 atom stereocenters. The predicted octanol–water partition coefficient (Wildman–Crippen LogP) is 0.791. The first-order valence-electron chi connectivity index (χ1n) is 4.06. The fraction of sp³-hybridized carbons (Fsp3) is 0.571. The van der Waals surface area contributed by atoms with Gasteiger partial charge in [0.05, 0.1) is 6.20 Å². The quantitative estimate of drug-likeness (QED) is 0.833. The van der Waals surface area contributed by atoms with E-state index in [2.05, 4.69) is 5.10 Å². The van der Waals surface area contributed by atoms with Gasteiger partial charge in [-0.25, -0.2) is 13.6 Å². The van der Waals surface area contributed by atoms with E-state index in [1.807, 2.05) is 36.4 Å². The summed E-state index contributed by atoms with van der Waals surface area (Å²) in [5.74, 6) is 0.414. The van der Waals surface area contributed by atoms with Crippen LogP contribution in [0.5, 0.6) is 0 Å². The van der Waals surface area contributed by atoms with Crippen molar-refractivity contribution in [1.82, 2.24) is 9.78 Å². The topological polar surface area (TPSA) is 78.0 Å². The van der Waals surface area contributed by atoms with Gasteiger partial charge in [-0.15, -0.1) is 0 Å². The number of primary sulfonamides is 1. The summed E-state index contributed by atoms with van der Waals surface area (Å²) < 4.78 is 24.4. The zero-order valence-corrected chi connectivity index (χ0v) is 10.9. The van der Waals surface area contributed by atoms with Gasteiger partial charge in [0.25, 0.3) is 0 Å². The van der Waals surface area contributed by atoms with Crippen molar-refractivity contribution in [2.24, 2.45) is 11.1 Å². The molecule has 5 nitrogen and oxygen atoms in total. The first-order valence-corrected chi connectivity index (χ1v) is 6.69. The molecular formula is C7H12IN3O2S. The summed E-state index contributed by atoms with van der Waals surface area (Å²) in [4.78, 5) is 0.0961. The maximum absolute atomic E-state index is 11.1. The van der Waals surface area contributed by atoms with E-state index in [9.17, 15) is 8.42 Å². The van der Waals surface area contributed by atoms with Crippen LogP contribution in [0.2, 0.25) is 0 Å². The Morgan fingerprint density at radius 3 is 2.57 bits per heavy atom. The molecule has 0 unspecified atom stereocenters. The number of rotatable bonds is 3. The minimum absolute atomic E-state index is 0.0961. The summed E-state index contributed by atoms with van der Waals surface area (Å²) in [6, 6.07) is 0. The molecule has 0 aliphatic heterocycles. The van der Waals surface area contributed by atoms with Gasteiger partial charge in [-0.05, 0) is 28.5 Å². The molecule has 0 saturated heterocycles. The number of nitrogens with two attached hydrogens (primary N) is 1. The molecule has 1 aromatic heterocycles. The van der Waals surface area contributed by atoms with Gasteiger partial charge >= 0.3 is 0 Å². The second-order valence-corrected chi connectivity index (χ2v) is 5.97. The third-order valence-electron chi connectivity index (χ3n) is 1.59. The minimum Gasteiger partial charge on any atom is -0.258 e. The highest BCUT2D eigenvalue weighted by Crippen LogP contribution is 2.16. The number of halogens is 1. The second-order valence-electron chi connectivity index (χ2n) is 3.42. The van der Waals surface area contributed by atoms with Crippen LogP contribution in [0.4, 0.5) is 0 Å². The van der Waals surface area contributed by atoms with Crippen LogP contribution in [-0.2, 0) is 16.6 Å². The van der Waals surface area contributed by atoms with E-state index >= 15 is 0 Å². The zero-order valence-electron chi connectivity index (χ0n) is 7.94. The van der Waals surface area contributed by atoms with Crippen LogP contribution in [-0.4, -0.2) is 18.2 Å². The average Bonchev–Trinajstić information content (AvgIpc) is 2.30. The standard InChI is InChI=1S/C7H12IN3O2S/c1-5(2)4-11-7(8)6(3-10-11)14(9,12)13/h3,5H,4H2,1-2H3,(H2,9,12,13). The monoisotopic (exact) mass is 329 g/mol. The van der Waals surface area contributed by atoms with E-state index in [-0.39, 0.29) is 4.90 Å². The Morgan fingerprint density at radius 1 is 1.64 bits per heavy atom. The molecule has 2 N–H and O–H groups in total. The number of hydrogen-bond donors (Lipinski definition) is 1. The highest BCUT2D eigenvalue weighted by molar-refractivity contribution is 14.1. The Bertz CT molecular complexity index is 424. The summed E-state index contributed by atoms with van der Waals surface area (Å²) in [6.07, 6.45) is 1.29. The second kappa shape index (κ2) is 4.15. The van der Waals surface area contributed by atoms with Crippen molar-refractivity contribution in [2.45, 2.75) is 25.3 Å². The lowest BCUT2D eigenvalue weighted by atomic mass is 10.2. The molecule has 0 fully saturated rings. The van der Waals surface area contributed by atoms with E-state index in [0.717, 1.165) is 0 Å². The van der Waals surface area contributed by atoms with Crippen LogP contribution in [0, 0.1) is 9.62 Å². The number of nitrogens with zero attached hydrogens (tertiary/aromatic N) is 2. The van der Waals surface area contributed by atoms with E-state index in [1.54, 1.807) is 4.68 Å². The van der Waals surface area contributed by atoms with E-state index < -0.39 is 10.0 Å². The highest BCUT2D eigenvalue weighted by atomic mass is 127. The van der Waals surface area contributed by atoms with Crippen LogP contribution in [0.25, 0.3) is 0 Å². The number of aromatic nitrogens is 2. The molecule has 1 rings (SSSR count). The molecule has 0 radical (unpaired) electrons. The molecule has 80 valence electrons. The van der Waals surface area contributed by atoms with Crippen molar-refractivity contribution < 1.29 is 8.42 Å². The van der Waals surface area contributed by atoms with Crippen LogP contribution < -0.4 is 5.14 Å². The average molecular weight is 329 g/mol. The summed E-state index contributed by atoms with van der Waals surface area (Å²) >= 11 is 1.94. The first kappa shape index (κ1) is 11.9. The van der Waals surface area contributed by atoms with Crippen molar-refractivity contribution in [3.05, 3.63) is 9.90 Å². The molecule has 0 amide bonds. The normalized spacial score (nSPS) is 12.4. The van der Waals surface area contributed by atoms with Gasteiger partial charge in [0, 0.05) is 6.54 Å². The third kappa shape index (κ3) is 2.67. The maximum Gasteiger partial charge on any atom is 0.242 e. The number of sulfonamides is 1. The molecule has 0 aromatic carbocycles. The summed E-state index contributed by atoms with van der Waals surface area (Å²) in [6.45, 7) is 4.76. The van der Waals surface area contributed by atoms with Crippen molar-refractivity contribution in [3.63, 3.8) is 0 Å². The minimum atomic E-state index is -3.64. The lowest BCUT2D eigenvalue weighted by molar-refractivity contribution is 0.474. The van der Waals surface area contributed by atoms with E-state index in [1.165, 1.54) is 6.20 Å². The van der Waals surface area contributed by atoms with Gasteiger partial charge < -0.3 is 0 Å². The first-order chi connectivity index (χ1) is 6.32. The van der Waals surface area contributed by atoms with E-state index in [4.69, 9.17) is 5.14 Å². The fourth-order valence-electron chi connectivity index (χ4n) is 1.02. The molecular weight excluding hydrogens is 317 g/mol. The van der Waals surface area contributed by atoms with Gasteiger partial charge in [-0.2, -0.15) is 5.10 Å². The van der Waals surface area contributed by atoms with Crippen molar-refractivity contribution in [2.75, 3.05) is 0 Å². The molecule has 1 heterocycles. The largest absolute Gasteiger partial charge is 0.258 e. The molecule has 7 heteroatoms. The Kier molecular flexibility index (Phi) is 3.53. The molecule has 0 aliphatic carbocycles. The number of hydrogen-bond acceptors (Lipinski definition) is 3. The van der Waals surface area contributed by atoms with Gasteiger partial charge in [-0.3, -0.25) is 4.68 Å². The molecule has 14 heavy (non-hydrogen) atoms. The molecule has 0 bridgehead atoms. The van der Waals surface area contributed by atoms with Gasteiger partial charge in [0.15, 0.2) is 0 Å². The van der Waals surface area contributed by atoms with Crippen LogP contribution >= 0.6 is 22.6 Å². The third-order valence-corrected chi connectivity index (χ3v) is 4.00. The summed E-state index contributed by atoms with van der Waals surface area (Å²) in [5, 5.41) is 8.99. The Morgan fingerprint density at radius 2 is 2.21 bits per heavy atom. The van der Waals surface area contributed by atoms with Crippen LogP contribution in [0.3, 0.4) is 0 Å². The molecule has 0 spiro atoms. The Balaban J connectivity index is 3.09. The molecule has 0 aliphatic rings. The van der Waals surface area contributed by atoms with Gasteiger partial charge in [0.2, 0.25) is 10.0 Å². The van der Waals surface area contributed by atoms with Gasteiger partial charge in [-0.1, -0.05) is 13.8 Å². The Labute approximate surface area is 96.9 Å².